The van der Waals surface area contributed by atoms with E-state index in [1.54, 1.807) is 18.2 Å². The lowest BCUT2D eigenvalue weighted by atomic mass is 10.0. The van der Waals surface area contributed by atoms with Crippen LogP contribution in [0.5, 0.6) is 5.75 Å². The van der Waals surface area contributed by atoms with Gasteiger partial charge in [-0.15, -0.1) is 6.58 Å². The lowest BCUT2D eigenvalue weighted by Crippen LogP contribution is -2.38. The molecule has 0 unspecified atom stereocenters. The predicted octanol–water partition coefficient (Wildman–Crippen LogP) is 4.40. The molecule has 2 atom stereocenters. The van der Waals surface area contributed by atoms with Crippen molar-refractivity contribution in [1.82, 2.24) is 4.90 Å². The Kier molecular flexibility index (Phi) is 7.00. The van der Waals surface area contributed by atoms with Crippen LogP contribution < -0.4 is 4.74 Å². The third-order valence-electron chi connectivity index (χ3n) is 5.28. The molecule has 3 rings (SSSR count). The van der Waals surface area contributed by atoms with Gasteiger partial charge in [0.2, 0.25) is 5.91 Å². The molecule has 6 heteroatoms. The fourth-order valence-electron chi connectivity index (χ4n) is 3.77. The van der Waals surface area contributed by atoms with Crippen LogP contribution in [-0.2, 0) is 11.2 Å². The molecule has 1 amide bonds. The van der Waals surface area contributed by atoms with E-state index < -0.39 is 4.92 Å². The number of carbonyl (C=O) groups excluding carboxylic acids is 1. The molecule has 1 heterocycles. The molecule has 29 heavy (non-hydrogen) atoms. The summed E-state index contributed by atoms with van der Waals surface area (Å²) in [5.74, 6) is 0.685. The van der Waals surface area contributed by atoms with Crippen molar-refractivity contribution >= 4 is 11.6 Å². The molecule has 6 nitrogen and oxygen atoms in total. The van der Waals surface area contributed by atoms with Crippen LogP contribution in [-0.4, -0.2) is 34.9 Å². The summed E-state index contributed by atoms with van der Waals surface area (Å²) >= 11 is 0. The molecule has 0 bridgehead atoms. The van der Waals surface area contributed by atoms with E-state index in [1.807, 2.05) is 23.1 Å². The number of amides is 1. The van der Waals surface area contributed by atoms with E-state index in [0.717, 1.165) is 19.3 Å². The average molecular weight is 394 g/mol. The first-order chi connectivity index (χ1) is 14.1. The van der Waals surface area contributed by atoms with E-state index in [0.29, 0.717) is 25.3 Å². The highest BCUT2D eigenvalue weighted by Crippen LogP contribution is 2.29. The van der Waals surface area contributed by atoms with Gasteiger partial charge in [-0.2, -0.15) is 0 Å². The Morgan fingerprint density at radius 1 is 1.17 bits per heavy atom. The minimum absolute atomic E-state index is 0.00147. The molecule has 152 valence electrons. The zero-order chi connectivity index (χ0) is 20.6. The molecule has 1 fully saturated rings. The topological polar surface area (TPSA) is 72.7 Å². The summed E-state index contributed by atoms with van der Waals surface area (Å²) < 4.78 is 5.85. The number of benzene rings is 2. The highest BCUT2D eigenvalue weighted by molar-refractivity contribution is 5.81. The maximum atomic E-state index is 12.8. The van der Waals surface area contributed by atoms with Crippen molar-refractivity contribution in [2.45, 2.75) is 31.7 Å². The summed E-state index contributed by atoms with van der Waals surface area (Å²) in [6, 6.07) is 16.3. The lowest BCUT2D eigenvalue weighted by Gasteiger charge is -2.25. The summed E-state index contributed by atoms with van der Waals surface area (Å²) in [6.07, 6.45) is 5.02. The van der Waals surface area contributed by atoms with Gasteiger partial charge in [0.25, 0.3) is 5.69 Å². The molecular formula is C23H26N2O4. The van der Waals surface area contributed by atoms with Gasteiger partial charge in [-0.05, 0) is 43.4 Å². The van der Waals surface area contributed by atoms with E-state index in [2.05, 4.69) is 18.7 Å². The zero-order valence-electron chi connectivity index (χ0n) is 16.4. The first kappa shape index (κ1) is 20.6. The number of hydrogen-bond acceptors (Lipinski definition) is 4. The molecular weight excluding hydrogens is 368 g/mol. The van der Waals surface area contributed by atoms with Crippen LogP contribution in [0.15, 0.2) is 67.3 Å². The minimum Gasteiger partial charge on any atom is -0.491 e. The van der Waals surface area contributed by atoms with Crippen LogP contribution >= 0.6 is 0 Å². The third kappa shape index (κ3) is 5.44. The number of hydrogen-bond donors (Lipinski definition) is 0. The number of carbonyl (C=O) groups is 1. The summed E-state index contributed by atoms with van der Waals surface area (Å²) in [5.41, 5.74) is 1.29. The number of nitro groups is 1. The number of allylic oxidation sites excluding steroid dienone is 1. The van der Waals surface area contributed by atoms with E-state index >= 15 is 0 Å². The molecule has 0 N–H and O–H groups in total. The van der Waals surface area contributed by atoms with Crippen LogP contribution in [0.3, 0.4) is 0 Å². The maximum Gasteiger partial charge on any atom is 0.269 e. The number of non-ortho nitro benzene ring substituents is 1. The smallest absolute Gasteiger partial charge is 0.269 e. The van der Waals surface area contributed by atoms with Gasteiger partial charge in [-0.25, -0.2) is 0 Å². The fraction of sp³-hybridized carbons (Fsp3) is 0.348. The maximum absolute atomic E-state index is 12.8. The average Bonchev–Trinajstić information content (AvgIpc) is 3.03. The van der Waals surface area contributed by atoms with Gasteiger partial charge in [0.15, 0.2) is 0 Å². The molecule has 2 aromatic carbocycles. The quantitative estimate of drug-likeness (QED) is 0.340. The molecule has 1 saturated heterocycles. The monoisotopic (exact) mass is 394 g/mol. The number of likely N-dealkylation sites (tertiary alicyclic amines) is 1. The molecule has 0 aromatic heterocycles. The summed E-state index contributed by atoms with van der Waals surface area (Å²) in [4.78, 5) is 25.1. The predicted molar refractivity (Wildman–Crippen MR) is 112 cm³/mol. The van der Waals surface area contributed by atoms with Crippen molar-refractivity contribution in [3.8, 4) is 5.75 Å². The Balaban J connectivity index is 1.59. The second-order valence-electron chi connectivity index (χ2n) is 7.29. The van der Waals surface area contributed by atoms with Crippen molar-refractivity contribution in [2.24, 2.45) is 5.92 Å². The summed E-state index contributed by atoms with van der Waals surface area (Å²) in [7, 11) is 0. The SMILES string of the molecule is C=CC[C@@H]1C[C@@H](COc2ccc([N+](=O)[O-])cc2)N(CCCc2ccccc2)C1=O. The zero-order valence-corrected chi connectivity index (χ0v) is 16.4. The molecule has 0 spiro atoms. The largest absolute Gasteiger partial charge is 0.491 e. The number of ether oxygens (including phenoxy) is 1. The third-order valence-corrected chi connectivity index (χ3v) is 5.28. The Bertz CT molecular complexity index is 836. The second kappa shape index (κ2) is 9.87. The van der Waals surface area contributed by atoms with Gasteiger partial charge in [-0.1, -0.05) is 36.4 Å². The van der Waals surface area contributed by atoms with Crippen LogP contribution in [0.25, 0.3) is 0 Å². The molecule has 0 aliphatic carbocycles. The highest BCUT2D eigenvalue weighted by Gasteiger charge is 2.38. The van der Waals surface area contributed by atoms with Crippen molar-refractivity contribution in [3.63, 3.8) is 0 Å². The molecule has 2 aromatic rings. The van der Waals surface area contributed by atoms with Crippen LogP contribution in [0.1, 0.15) is 24.8 Å². The number of rotatable bonds is 10. The molecule has 1 aliphatic rings. The van der Waals surface area contributed by atoms with Crippen LogP contribution in [0, 0.1) is 16.0 Å². The van der Waals surface area contributed by atoms with Crippen LogP contribution in [0.4, 0.5) is 5.69 Å². The molecule has 1 aliphatic heterocycles. The Hall–Kier alpha value is -3.15. The van der Waals surface area contributed by atoms with Crippen molar-refractivity contribution < 1.29 is 14.5 Å². The first-order valence-corrected chi connectivity index (χ1v) is 9.91. The summed E-state index contributed by atoms with van der Waals surface area (Å²) in [5, 5.41) is 10.8. The number of nitrogens with zero attached hydrogens (tertiary/aromatic N) is 2. The lowest BCUT2D eigenvalue weighted by molar-refractivity contribution is -0.384. The Morgan fingerprint density at radius 2 is 1.90 bits per heavy atom. The second-order valence-corrected chi connectivity index (χ2v) is 7.29. The van der Waals surface area contributed by atoms with E-state index in [1.165, 1.54) is 17.7 Å². The number of aryl methyl sites for hydroxylation is 1. The van der Waals surface area contributed by atoms with Gasteiger partial charge in [-0.3, -0.25) is 14.9 Å². The van der Waals surface area contributed by atoms with E-state index in [9.17, 15) is 14.9 Å². The molecule has 0 saturated carbocycles. The van der Waals surface area contributed by atoms with Crippen molar-refractivity contribution in [2.75, 3.05) is 13.2 Å². The highest BCUT2D eigenvalue weighted by atomic mass is 16.6. The van der Waals surface area contributed by atoms with Crippen LogP contribution in [0.2, 0.25) is 0 Å². The van der Waals surface area contributed by atoms with Gasteiger partial charge < -0.3 is 9.64 Å². The van der Waals surface area contributed by atoms with Gasteiger partial charge in [0, 0.05) is 24.6 Å². The van der Waals surface area contributed by atoms with Gasteiger partial charge in [0.05, 0.1) is 11.0 Å². The standard InChI is InChI=1S/C23H26N2O4/c1-2-7-19-16-21(17-29-22-13-11-20(12-14-22)25(27)28)24(23(19)26)15-6-10-18-8-4-3-5-9-18/h2-5,8-9,11-14,19,21H,1,6-7,10,15-17H2/t19-,21+/m1/s1. The van der Waals surface area contributed by atoms with E-state index in [-0.39, 0.29) is 23.6 Å². The van der Waals surface area contributed by atoms with Gasteiger partial charge >= 0.3 is 0 Å². The van der Waals surface area contributed by atoms with Crippen molar-refractivity contribution in [3.05, 3.63) is 82.9 Å². The van der Waals surface area contributed by atoms with E-state index in [4.69, 9.17) is 4.74 Å². The Labute approximate surface area is 170 Å². The molecule has 0 radical (unpaired) electrons. The van der Waals surface area contributed by atoms with Gasteiger partial charge in [0.1, 0.15) is 12.4 Å². The Morgan fingerprint density at radius 3 is 2.55 bits per heavy atom. The fourth-order valence-corrected chi connectivity index (χ4v) is 3.77. The summed E-state index contributed by atoms with van der Waals surface area (Å²) in [6.45, 7) is 4.84. The first-order valence-electron chi connectivity index (χ1n) is 9.91. The van der Waals surface area contributed by atoms with Crippen molar-refractivity contribution in [1.29, 1.82) is 0 Å². The number of nitro benzene ring substituents is 1. The normalized spacial score (nSPS) is 18.6. The minimum atomic E-state index is -0.437.